The van der Waals surface area contributed by atoms with E-state index in [1.54, 1.807) is 14.2 Å². The number of hydrogen-bond acceptors (Lipinski definition) is 2. The number of hydrogen-bond donors (Lipinski definition) is 0. The van der Waals surface area contributed by atoms with Gasteiger partial charge in [0.05, 0.1) is 18.7 Å². The first-order chi connectivity index (χ1) is 9.65. The first-order valence-electron chi connectivity index (χ1n) is 7.21. The first-order valence-corrected chi connectivity index (χ1v) is 8.92. The minimum atomic E-state index is 0.319. The molecule has 1 saturated carbocycles. The predicted octanol–water partition coefficient (Wildman–Crippen LogP) is 5.87. The summed E-state index contributed by atoms with van der Waals surface area (Å²) in [5, 5.41) is 0. The molecule has 2 rings (SSSR count). The standard InChI is InChI=1S/C16H22Br2O2/c1-19-15-10-14(18)16(20-2)9-12(15)13(17)8-7-11-5-3-4-6-11/h9-11,13H,3-8H2,1-2H3. The van der Waals surface area contributed by atoms with Gasteiger partial charge in [-0.25, -0.2) is 0 Å². The van der Waals surface area contributed by atoms with Crippen LogP contribution in [0.1, 0.15) is 48.9 Å². The zero-order valence-electron chi connectivity index (χ0n) is 12.1. The highest BCUT2D eigenvalue weighted by atomic mass is 79.9. The van der Waals surface area contributed by atoms with Gasteiger partial charge in [-0.1, -0.05) is 41.6 Å². The molecule has 1 fully saturated rings. The van der Waals surface area contributed by atoms with Gasteiger partial charge in [0.25, 0.3) is 0 Å². The summed E-state index contributed by atoms with van der Waals surface area (Å²) in [6.45, 7) is 0. The molecule has 1 aromatic carbocycles. The average molecular weight is 406 g/mol. The Morgan fingerprint density at radius 1 is 1.15 bits per heavy atom. The Bertz CT molecular complexity index is 442. The highest BCUT2D eigenvalue weighted by Gasteiger charge is 2.20. The van der Waals surface area contributed by atoms with Crippen LogP contribution in [0, 0.1) is 5.92 Å². The second kappa shape index (κ2) is 7.69. The molecule has 0 heterocycles. The van der Waals surface area contributed by atoms with Crippen LogP contribution in [-0.4, -0.2) is 14.2 Å². The third kappa shape index (κ3) is 3.91. The van der Waals surface area contributed by atoms with Crippen molar-refractivity contribution in [1.82, 2.24) is 0 Å². The summed E-state index contributed by atoms with van der Waals surface area (Å²) in [6.07, 6.45) is 8.06. The average Bonchev–Trinajstić information content (AvgIpc) is 2.97. The quantitative estimate of drug-likeness (QED) is 0.550. The zero-order valence-corrected chi connectivity index (χ0v) is 15.3. The van der Waals surface area contributed by atoms with E-state index < -0.39 is 0 Å². The van der Waals surface area contributed by atoms with Crippen molar-refractivity contribution in [3.8, 4) is 11.5 Å². The fourth-order valence-corrected chi connectivity index (χ4v) is 4.07. The van der Waals surface area contributed by atoms with E-state index in [9.17, 15) is 0 Å². The lowest BCUT2D eigenvalue weighted by Crippen LogP contribution is -2.00. The van der Waals surface area contributed by atoms with Gasteiger partial charge >= 0.3 is 0 Å². The third-order valence-corrected chi connectivity index (χ3v) is 5.72. The van der Waals surface area contributed by atoms with Gasteiger partial charge in [-0.15, -0.1) is 0 Å². The summed E-state index contributed by atoms with van der Waals surface area (Å²) in [5.74, 6) is 2.68. The van der Waals surface area contributed by atoms with Gasteiger partial charge in [0.2, 0.25) is 0 Å². The molecule has 0 aromatic heterocycles. The molecule has 1 atom stereocenters. The van der Waals surface area contributed by atoms with E-state index in [-0.39, 0.29) is 0 Å². The molecule has 0 saturated heterocycles. The van der Waals surface area contributed by atoms with E-state index in [1.165, 1.54) is 37.7 Å². The summed E-state index contributed by atoms with van der Waals surface area (Å²) in [7, 11) is 3.41. The molecular weight excluding hydrogens is 384 g/mol. The van der Waals surface area contributed by atoms with E-state index in [2.05, 4.69) is 37.9 Å². The van der Waals surface area contributed by atoms with Crippen LogP contribution < -0.4 is 9.47 Å². The van der Waals surface area contributed by atoms with E-state index in [0.717, 1.165) is 28.3 Å². The van der Waals surface area contributed by atoms with Gasteiger partial charge in [-0.05, 0) is 46.8 Å². The second-order valence-corrected chi connectivity index (χ2v) is 7.38. The SMILES string of the molecule is COc1cc(C(Br)CCC2CCCC2)c(OC)cc1Br. The lowest BCUT2D eigenvalue weighted by atomic mass is 9.98. The molecule has 0 spiro atoms. The van der Waals surface area contributed by atoms with Crippen molar-refractivity contribution in [3.63, 3.8) is 0 Å². The Morgan fingerprint density at radius 3 is 2.40 bits per heavy atom. The van der Waals surface area contributed by atoms with Crippen molar-refractivity contribution in [2.75, 3.05) is 14.2 Å². The normalized spacial score (nSPS) is 17.2. The fourth-order valence-electron chi connectivity index (χ4n) is 2.97. The minimum Gasteiger partial charge on any atom is -0.496 e. The Kier molecular flexibility index (Phi) is 6.21. The highest BCUT2D eigenvalue weighted by molar-refractivity contribution is 9.10. The molecule has 4 heteroatoms. The Labute approximate surface area is 138 Å². The second-order valence-electron chi connectivity index (χ2n) is 5.42. The van der Waals surface area contributed by atoms with Crippen molar-refractivity contribution in [1.29, 1.82) is 0 Å². The highest BCUT2D eigenvalue weighted by Crippen LogP contribution is 2.42. The summed E-state index contributed by atoms with van der Waals surface area (Å²) < 4.78 is 11.8. The Balaban J connectivity index is 2.08. The van der Waals surface area contributed by atoms with Crippen LogP contribution in [0.25, 0.3) is 0 Å². The van der Waals surface area contributed by atoms with Crippen LogP contribution in [0.2, 0.25) is 0 Å². The summed E-state index contributed by atoms with van der Waals surface area (Å²) in [6, 6.07) is 4.05. The predicted molar refractivity (Wildman–Crippen MR) is 90.1 cm³/mol. The smallest absolute Gasteiger partial charge is 0.133 e. The largest absolute Gasteiger partial charge is 0.496 e. The van der Waals surface area contributed by atoms with Crippen molar-refractivity contribution >= 4 is 31.9 Å². The molecule has 0 radical (unpaired) electrons. The van der Waals surface area contributed by atoms with Crippen LogP contribution in [0.5, 0.6) is 11.5 Å². The van der Waals surface area contributed by atoms with Crippen LogP contribution in [0.3, 0.4) is 0 Å². The number of methoxy groups -OCH3 is 2. The molecule has 0 bridgehead atoms. The molecule has 112 valence electrons. The number of alkyl halides is 1. The van der Waals surface area contributed by atoms with Crippen LogP contribution in [0.15, 0.2) is 16.6 Å². The van der Waals surface area contributed by atoms with Crippen LogP contribution in [0.4, 0.5) is 0 Å². The maximum atomic E-state index is 5.50. The van der Waals surface area contributed by atoms with Crippen molar-refractivity contribution in [2.24, 2.45) is 5.92 Å². The topological polar surface area (TPSA) is 18.5 Å². The van der Waals surface area contributed by atoms with Crippen molar-refractivity contribution in [2.45, 2.75) is 43.4 Å². The number of benzene rings is 1. The van der Waals surface area contributed by atoms with Crippen molar-refractivity contribution in [3.05, 3.63) is 22.2 Å². The fraction of sp³-hybridized carbons (Fsp3) is 0.625. The number of halogens is 2. The van der Waals surface area contributed by atoms with E-state index >= 15 is 0 Å². The van der Waals surface area contributed by atoms with Crippen LogP contribution in [-0.2, 0) is 0 Å². The molecule has 1 aliphatic rings. The molecule has 0 N–H and O–H groups in total. The summed E-state index contributed by atoms with van der Waals surface area (Å²) in [5.41, 5.74) is 1.17. The van der Waals surface area contributed by atoms with Gasteiger partial charge in [0.1, 0.15) is 11.5 Å². The Morgan fingerprint density at radius 2 is 1.80 bits per heavy atom. The maximum Gasteiger partial charge on any atom is 0.133 e. The van der Waals surface area contributed by atoms with E-state index in [1.807, 2.05) is 6.07 Å². The molecule has 1 aliphatic carbocycles. The number of ether oxygens (including phenoxy) is 2. The van der Waals surface area contributed by atoms with E-state index in [4.69, 9.17) is 9.47 Å². The summed E-state index contributed by atoms with van der Waals surface area (Å²) >= 11 is 7.33. The molecule has 2 nitrogen and oxygen atoms in total. The molecule has 0 aliphatic heterocycles. The first kappa shape index (κ1) is 16.2. The third-order valence-electron chi connectivity index (χ3n) is 4.14. The lowest BCUT2D eigenvalue weighted by molar-refractivity contribution is 0.394. The minimum absolute atomic E-state index is 0.319. The monoisotopic (exact) mass is 404 g/mol. The molecular formula is C16H22Br2O2. The Hall–Kier alpha value is -0.220. The molecule has 0 amide bonds. The summed E-state index contributed by atoms with van der Waals surface area (Å²) in [4.78, 5) is 0.319. The maximum absolute atomic E-state index is 5.50. The van der Waals surface area contributed by atoms with Gasteiger partial charge in [0.15, 0.2) is 0 Å². The van der Waals surface area contributed by atoms with Gasteiger partial charge in [-0.2, -0.15) is 0 Å². The number of rotatable bonds is 6. The zero-order chi connectivity index (χ0) is 14.5. The van der Waals surface area contributed by atoms with Crippen molar-refractivity contribution < 1.29 is 9.47 Å². The van der Waals surface area contributed by atoms with Gasteiger partial charge in [0, 0.05) is 10.4 Å². The lowest BCUT2D eigenvalue weighted by Gasteiger charge is -2.18. The molecule has 1 aromatic rings. The van der Waals surface area contributed by atoms with Crippen LogP contribution >= 0.6 is 31.9 Å². The van der Waals surface area contributed by atoms with E-state index in [0.29, 0.717) is 4.83 Å². The van der Waals surface area contributed by atoms with Gasteiger partial charge < -0.3 is 9.47 Å². The molecule has 1 unspecified atom stereocenters. The molecule has 20 heavy (non-hydrogen) atoms. The van der Waals surface area contributed by atoms with Gasteiger partial charge in [-0.3, -0.25) is 0 Å².